The number of carbonyl (C=O) groups is 3. The molecule has 3 aromatic rings. The molecule has 0 bridgehead atoms. The monoisotopic (exact) mass is 463 g/mol. The summed E-state index contributed by atoms with van der Waals surface area (Å²) in [4.78, 5) is 46.3. The Morgan fingerprint density at radius 3 is 2.53 bits per heavy atom. The van der Waals surface area contributed by atoms with Gasteiger partial charge < -0.3 is 4.90 Å². The van der Waals surface area contributed by atoms with Crippen molar-refractivity contribution in [1.82, 2.24) is 14.8 Å². The lowest BCUT2D eigenvalue weighted by Crippen LogP contribution is -2.45. The number of nitrogens with zero attached hydrogens (tertiary/aromatic N) is 3. The zero-order valence-electron chi connectivity index (χ0n) is 16.0. The smallest absolute Gasteiger partial charge is 0.261 e. The van der Waals surface area contributed by atoms with Gasteiger partial charge in [0.25, 0.3) is 17.7 Å². The number of likely N-dealkylation sites (tertiary alicyclic amines) is 1. The molecule has 1 saturated heterocycles. The zero-order valence-corrected chi connectivity index (χ0v) is 17.6. The molecule has 1 fully saturated rings. The highest BCUT2D eigenvalue weighted by Crippen LogP contribution is 2.28. The van der Waals surface area contributed by atoms with E-state index in [-0.39, 0.29) is 30.3 Å². The Morgan fingerprint density at radius 2 is 1.80 bits per heavy atom. The van der Waals surface area contributed by atoms with Gasteiger partial charge in [-0.2, -0.15) is 0 Å². The molecule has 3 heterocycles. The molecule has 1 aromatic heterocycles. The van der Waals surface area contributed by atoms with Crippen LogP contribution in [0.2, 0.25) is 0 Å². The summed E-state index contributed by atoms with van der Waals surface area (Å²) in [5.41, 5.74) is 2.20. The predicted molar refractivity (Wildman–Crippen MR) is 115 cm³/mol. The maximum absolute atomic E-state index is 13.4. The van der Waals surface area contributed by atoms with Crippen LogP contribution in [0.25, 0.3) is 10.9 Å². The van der Waals surface area contributed by atoms with E-state index in [1.165, 1.54) is 4.90 Å². The average Bonchev–Trinajstić information content (AvgIpc) is 3.32. The molecule has 0 saturated carbocycles. The minimum atomic E-state index is -0.283. The van der Waals surface area contributed by atoms with Crippen molar-refractivity contribution in [1.29, 1.82) is 0 Å². The fourth-order valence-corrected chi connectivity index (χ4v) is 4.72. The van der Waals surface area contributed by atoms with Crippen LogP contribution in [0.4, 0.5) is 0 Å². The van der Waals surface area contributed by atoms with Gasteiger partial charge in [-0.05, 0) is 43.2 Å². The standard InChI is InChI=1S/C23H18BrN3O3/c24-14-7-8-16-19(9-10-25-20(16)12-14)21(28)26-11-3-4-15(26)13-27-22(29)17-5-1-2-6-18(17)23(27)30/h1-2,5-10,12,15H,3-4,11,13H2. The molecule has 5 rings (SSSR count). The van der Waals surface area contributed by atoms with Crippen LogP contribution in [-0.4, -0.2) is 51.6 Å². The summed E-state index contributed by atoms with van der Waals surface area (Å²) in [7, 11) is 0. The number of imide groups is 1. The Hall–Kier alpha value is -3.06. The second kappa shape index (κ2) is 7.32. The van der Waals surface area contributed by atoms with Crippen LogP contribution in [0, 0.1) is 0 Å². The van der Waals surface area contributed by atoms with Crippen molar-refractivity contribution in [3.8, 4) is 0 Å². The molecule has 6 nitrogen and oxygen atoms in total. The minimum Gasteiger partial charge on any atom is -0.334 e. The Labute approximate surface area is 181 Å². The zero-order chi connectivity index (χ0) is 20.8. The number of aromatic nitrogens is 1. The number of benzene rings is 2. The molecule has 1 atom stereocenters. The number of pyridine rings is 1. The van der Waals surface area contributed by atoms with Crippen LogP contribution in [0.15, 0.2) is 59.2 Å². The summed E-state index contributed by atoms with van der Waals surface area (Å²) >= 11 is 3.44. The highest BCUT2D eigenvalue weighted by atomic mass is 79.9. The van der Waals surface area contributed by atoms with Gasteiger partial charge in [-0.1, -0.05) is 34.1 Å². The first-order valence-corrected chi connectivity index (χ1v) is 10.6. The van der Waals surface area contributed by atoms with Crippen molar-refractivity contribution < 1.29 is 14.4 Å². The second-order valence-electron chi connectivity index (χ2n) is 7.58. The number of halogens is 1. The number of hydrogen-bond acceptors (Lipinski definition) is 4. The Bertz CT molecular complexity index is 1170. The maximum atomic E-state index is 13.4. The highest BCUT2D eigenvalue weighted by Gasteiger charge is 2.39. The minimum absolute atomic E-state index is 0.0937. The molecule has 0 spiro atoms. The van der Waals surface area contributed by atoms with Crippen LogP contribution < -0.4 is 0 Å². The molecular formula is C23H18BrN3O3. The highest BCUT2D eigenvalue weighted by molar-refractivity contribution is 9.10. The van der Waals surface area contributed by atoms with Gasteiger partial charge in [0.15, 0.2) is 0 Å². The summed E-state index contributed by atoms with van der Waals surface area (Å²) in [6.07, 6.45) is 3.24. The number of hydrogen-bond donors (Lipinski definition) is 0. The number of rotatable bonds is 3. The molecule has 0 N–H and O–H groups in total. The van der Waals surface area contributed by atoms with Crippen LogP contribution in [0.5, 0.6) is 0 Å². The lowest BCUT2D eigenvalue weighted by atomic mass is 10.1. The third kappa shape index (κ3) is 3.01. The SMILES string of the molecule is O=C1c2ccccc2C(=O)N1CC1CCCN1C(=O)c1ccnc2cc(Br)ccc12. The number of carbonyl (C=O) groups excluding carboxylic acids is 3. The summed E-state index contributed by atoms with van der Waals surface area (Å²) in [6.45, 7) is 0.819. The van der Waals surface area contributed by atoms with Gasteiger partial charge in [0.1, 0.15) is 0 Å². The third-order valence-electron chi connectivity index (χ3n) is 5.84. The lowest BCUT2D eigenvalue weighted by molar-refractivity contribution is 0.0563. The van der Waals surface area contributed by atoms with Crippen molar-refractivity contribution >= 4 is 44.6 Å². The molecule has 2 aliphatic rings. The topological polar surface area (TPSA) is 70.6 Å². The maximum Gasteiger partial charge on any atom is 0.261 e. The summed E-state index contributed by atoms with van der Waals surface area (Å²) < 4.78 is 0.900. The fraction of sp³-hybridized carbons (Fsp3) is 0.217. The molecule has 30 heavy (non-hydrogen) atoms. The van der Waals surface area contributed by atoms with Crippen molar-refractivity contribution in [3.05, 3.63) is 75.9 Å². The molecule has 2 aromatic carbocycles. The number of amides is 3. The molecule has 7 heteroatoms. The van der Waals surface area contributed by atoms with Gasteiger partial charge in [0, 0.05) is 29.1 Å². The Kier molecular flexibility index (Phi) is 4.62. The molecule has 2 aliphatic heterocycles. The van der Waals surface area contributed by atoms with E-state index in [9.17, 15) is 14.4 Å². The van der Waals surface area contributed by atoms with E-state index in [4.69, 9.17) is 0 Å². The van der Waals surface area contributed by atoms with E-state index in [0.29, 0.717) is 23.2 Å². The third-order valence-corrected chi connectivity index (χ3v) is 6.34. The van der Waals surface area contributed by atoms with Crippen LogP contribution >= 0.6 is 15.9 Å². The van der Waals surface area contributed by atoms with Gasteiger partial charge in [-0.3, -0.25) is 24.3 Å². The molecular weight excluding hydrogens is 446 g/mol. The Balaban J connectivity index is 1.42. The second-order valence-corrected chi connectivity index (χ2v) is 8.50. The first-order chi connectivity index (χ1) is 14.5. The first kappa shape index (κ1) is 18.9. The normalized spacial score (nSPS) is 18.4. The summed E-state index contributed by atoms with van der Waals surface area (Å²) in [6, 6.07) is 14.1. The van der Waals surface area contributed by atoms with E-state index in [0.717, 1.165) is 28.2 Å². The van der Waals surface area contributed by atoms with Gasteiger partial charge in [-0.15, -0.1) is 0 Å². The van der Waals surface area contributed by atoms with Crippen molar-refractivity contribution in [2.75, 3.05) is 13.1 Å². The van der Waals surface area contributed by atoms with Crippen LogP contribution in [-0.2, 0) is 0 Å². The van der Waals surface area contributed by atoms with Gasteiger partial charge in [-0.25, -0.2) is 0 Å². The summed E-state index contributed by atoms with van der Waals surface area (Å²) in [5, 5.41) is 0.789. The molecule has 0 aliphatic carbocycles. The van der Waals surface area contributed by atoms with E-state index >= 15 is 0 Å². The predicted octanol–water partition coefficient (Wildman–Crippen LogP) is 3.90. The largest absolute Gasteiger partial charge is 0.334 e. The van der Waals surface area contributed by atoms with Gasteiger partial charge >= 0.3 is 0 Å². The van der Waals surface area contributed by atoms with Crippen molar-refractivity contribution in [2.45, 2.75) is 18.9 Å². The quantitative estimate of drug-likeness (QED) is 0.552. The van der Waals surface area contributed by atoms with E-state index in [2.05, 4.69) is 20.9 Å². The molecule has 0 radical (unpaired) electrons. The average molecular weight is 464 g/mol. The van der Waals surface area contributed by atoms with E-state index in [1.54, 1.807) is 41.4 Å². The summed E-state index contributed by atoms with van der Waals surface area (Å²) in [5.74, 6) is -0.660. The molecule has 3 amide bonds. The van der Waals surface area contributed by atoms with E-state index in [1.807, 2.05) is 18.2 Å². The van der Waals surface area contributed by atoms with Crippen LogP contribution in [0.3, 0.4) is 0 Å². The lowest BCUT2D eigenvalue weighted by Gasteiger charge is -2.28. The van der Waals surface area contributed by atoms with Gasteiger partial charge in [0.2, 0.25) is 0 Å². The van der Waals surface area contributed by atoms with Crippen molar-refractivity contribution in [2.24, 2.45) is 0 Å². The molecule has 150 valence electrons. The van der Waals surface area contributed by atoms with E-state index < -0.39 is 0 Å². The van der Waals surface area contributed by atoms with Gasteiger partial charge in [0.05, 0.1) is 28.2 Å². The fourth-order valence-electron chi connectivity index (χ4n) is 4.37. The first-order valence-electron chi connectivity index (χ1n) is 9.85. The number of fused-ring (bicyclic) bond motifs is 2. The van der Waals surface area contributed by atoms with Crippen LogP contribution in [0.1, 0.15) is 43.9 Å². The Morgan fingerprint density at radius 1 is 1.07 bits per heavy atom. The molecule has 1 unspecified atom stereocenters. The van der Waals surface area contributed by atoms with Crippen molar-refractivity contribution in [3.63, 3.8) is 0 Å².